The molecule has 0 aliphatic rings. The fourth-order valence-corrected chi connectivity index (χ4v) is 2.63. The Labute approximate surface area is 127 Å². The maximum atomic E-state index is 10.3. The van der Waals surface area contributed by atoms with E-state index in [0.29, 0.717) is 5.32 Å². The average molecular weight is 303 g/mol. The zero-order valence-corrected chi connectivity index (χ0v) is 14.7. The van der Waals surface area contributed by atoms with Crippen molar-refractivity contribution in [3.8, 4) is 0 Å². The van der Waals surface area contributed by atoms with Gasteiger partial charge in [-0.1, -0.05) is 0 Å². The maximum absolute atomic E-state index is 10.3. The second-order valence-electron chi connectivity index (χ2n) is 4.19. The van der Waals surface area contributed by atoms with E-state index in [9.17, 15) is 8.02 Å². The molecule has 0 aliphatic carbocycles. The molecule has 92 valence electrons. The van der Waals surface area contributed by atoms with Crippen molar-refractivity contribution in [3.05, 3.63) is 0 Å². The summed E-state index contributed by atoms with van der Waals surface area (Å²) in [6.07, 6.45) is 12.6. The molecule has 0 aliphatic heterocycles. The van der Waals surface area contributed by atoms with E-state index in [1.807, 2.05) is 0 Å². The molecule has 0 bridgehead atoms. The molecule has 0 amide bonds. The van der Waals surface area contributed by atoms with Gasteiger partial charge >= 0.3 is 128 Å². The predicted octanol–water partition coefficient (Wildman–Crippen LogP) is 0.190. The van der Waals surface area contributed by atoms with Crippen molar-refractivity contribution >= 4 is 14.2 Å². The molecule has 0 saturated heterocycles. The normalized spacial score (nSPS) is 12.1. The quantitative estimate of drug-likeness (QED) is 0.404. The third-order valence-corrected chi connectivity index (χ3v) is 3.97. The summed E-state index contributed by atoms with van der Waals surface area (Å²) in [5, 5.41) is 0.441. The van der Waals surface area contributed by atoms with Gasteiger partial charge in [0.15, 0.2) is 0 Å². The van der Waals surface area contributed by atoms with Crippen LogP contribution in [0.3, 0.4) is 0 Å². The van der Waals surface area contributed by atoms with E-state index in [2.05, 4.69) is 6.92 Å². The predicted molar refractivity (Wildman–Crippen MR) is 63.1 cm³/mol. The summed E-state index contributed by atoms with van der Waals surface area (Å²) in [5.41, 5.74) is 0. The average Bonchev–Trinajstić information content (AvgIpc) is 2.20. The molecular weight excluding hydrogens is 278 g/mol. The molecule has 0 spiro atoms. The Morgan fingerprint density at radius 2 is 1.19 bits per heavy atom. The Hall–Kier alpha value is 1.28. The fourth-order valence-electron chi connectivity index (χ4n) is 1.71. The number of unbranched alkanes of at least 4 members (excludes halogenated alkanes) is 9. The van der Waals surface area contributed by atoms with Crippen LogP contribution >= 0.6 is 0 Å². The van der Waals surface area contributed by atoms with Gasteiger partial charge in [-0.15, -0.1) is 0 Å². The molecule has 0 N–H and O–H groups in total. The Kier molecular flexibility index (Phi) is 20.0. The van der Waals surface area contributed by atoms with E-state index in [0.717, 1.165) is 12.8 Å². The van der Waals surface area contributed by atoms with Gasteiger partial charge in [-0.3, -0.25) is 0 Å². The monoisotopic (exact) mass is 304 g/mol. The van der Waals surface area contributed by atoms with Crippen LogP contribution < -0.4 is 33.7 Å². The van der Waals surface area contributed by atoms with Gasteiger partial charge in [0.2, 0.25) is 0 Å². The Balaban J connectivity index is 0. The van der Waals surface area contributed by atoms with Gasteiger partial charge in [-0.2, -0.15) is 0 Å². The molecule has 0 saturated carbocycles. The topological polar surface area (TPSA) is 40.1 Å². The summed E-state index contributed by atoms with van der Waals surface area (Å²) >= 11 is -2.63. The molecule has 0 aromatic heterocycles. The summed E-state index contributed by atoms with van der Waals surface area (Å²) in [7, 11) is 0. The molecule has 16 heavy (non-hydrogen) atoms. The smallest absolute Gasteiger partial charge is 1.00 e. The van der Waals surface area contributed by atoms with Gasteiger partial charge in [0.05, 0.1) is 0 Å². The Morgan fingerprint density at radius 1 is 0.812 bits per heavy atom. The summed E-state index contributed by atoms with van der Waals surface area (Å²) in [4.78, 5) is 0. The van der Waals surface area contributed by atoms with Crippen LogP contribution in [0, 0.1) is 0 Å². The third-order valence-electron chi connectivity index (χ3n) is 2.66. The van der Waals surface area contributed by atoms with E-state index in [1.54, 1.807) is 0 Å². The first-order valence-electron chi connectivity index (χ1n) is 6.33. The van der Waals surface area contributed by atoms with Crippen LogP contribution in [-0.4, -0.2) is 14.2 Å². The molecule has 1 unspecified atom stereocenters. The minimum Gasteiger partial charge on any atom is 1.00 e. The van der Waals surface area contributed by atoms with E-state index in [4.69, 9.17) is 0 Å². The van der Waals surface area contributed by atoms with E-state index < -0.39 is 14.2 Å². The van der Waals surface area contributed by atoms with Crippen LogP contribution in [0.5, 0.6) is 0 Å². The molecule has 0 radical (unpaired) electrons. The second kappa shape index (κ2) is 16.3. The van der Waals surface area contributed by atoms with Gasteiger partial charge in [0.1, 0.15) is 0 Å². The minimum atomic E-state index is -2.63. The van der Waals surface area contributed by atoms with E-state index >= 15 is 0 Å². The van der Waals surface area contributed by atoms with Crippen LogP contribution in [0.4, 0.5) is 0 Å². The first kappa shape index (κ1) is 19.6. The van der Waals surface area contributed by atoms with Crippen molar-refractivity contribution in [2.45, 2.75) is 76.5 Å². The molecule has 2 nitrogen and oxygen atoms in total. The first-order valence-corrected chi connectivity index (χ1v) is 8.94. The Bertz CT molecular complexity index is 154. The summed E-state index contributed by atoms with van der Waals surface area (Å²) in [6, 6.07) is 0. The van der Waals surface area contributed by atoms with Gasteiger partial charge in [-0.25, -0.2) is 0 Å². The van der Waals surface area contributed by atoms with Crippen LogP contribution in [0.25, 0.3) is 0 Å². The number of rotatable bonds is 11. The van der Waals surface area contributed by atoms with Crippen molar-refractivity contribution in [2.24, 2.45) is 0 Å². The summed E-state index contributed by atoms with van der Waals surface area (Å²) in [5.74, 6) is 0. The molecule has 0 aromatic carbocycles. The van der Waals surface area contributed by atoms with Crippen molar-refractivity contribution in [1.29, 1.82) is 0 Å². The Morgan fingerprint density at radius 3 is 1.56 bits per heavy atom. The van der Waals surface area contributed by atoms with E-state index in [-0.39, 0.29) is 29.6 Å². The molecule has 0 fully saturated rings. The van der Waals surface area contributed by atoms with Gasteiger partial charge in [0.25, 0.3) is 0 Å². The fraction of sp³-hybridized carbons (Fsp3) is 1.00. The van der Waals surface area contributed by atoms with Crippen molar-refractivity contribution in [3.63, 3.8) is 0 Å². The van der Waals surface area contributed by atoms with Gasteiger partial charge < -0.3 is 0 Å². The van der Waals surface area contributed by atoms with Crippen molar-refractivity contribution < 1.29 is 37.6 Å². The van der Waals surface area contributed by atoms with Crippen LogP contribution in [0.15, 0.2) is 0 Å². The zero-order valence-electron chi connectivity index (χ0n) is 11.0. The van der Waals surface area contributed by atoms with Crippen molar-refractivity contribution in [1.82, 2.24) is 0 Å². The molecule has 0 rings (SSSR count). The van der Waals surface area contributed by atoms with Crippen LogP contribution in [0.2, 0.25) is 5.32 Å². The van der Waals surface area contributed by atoms with Crippen molar-refractivity contribution in [2.75, 3.05) is 0 Å². The SMILES string of the molecule is CCCCCCCCCCCC[Se](=O)[O-].[Na+]. The summed E-state index contributed by atoms with van der Waals surface area (Å²) < 4.78 is 20.7. The molecule has 0 heterocycles. The van der Waals surface area contributed by atoms with Gasteiger partial charge in [0, 0.05) is 0 Å². The first-order chi connectivity index (χ1) is 7.27. The summed E-state index contributed by atoms with van der Waals surface area (Å²) in [6.45, 7) is 2.24. The van der Waals surface area contributed by atoms with Gasteiger partial charge in [-0.05, 0) is 0 Å². The van der Waals surface area contributed by atoms with Crippen LogP contribution in [0.1, 0.15) is 71.1 Å². The zero-order chi connectivity index (χ0) is 11.4. The third kappa shape index (κ3) is 17.7. The van der Waals surface area contributed by atoms with Crippen LogP contribution in [-0.2, 0) is 3.83 Å². The largest absolute Gasteiger partial charge is 1.00 e. The molecular formula is C12H25NaO2Se. The number of hydrogen-bond acceptors (Lipinski definition) is 2. The minimum absolute atomic E-state index is 0. The second-order valence-corrected chi connectivity index (χ2v) is 6.32. The van der Waals surface area contributed by atoms with E-state index in [1.165, 1.54) is 51.4 Å². The molecule has 1 atom stereocenters. The number of hydrogen-bond donors (Lipinski definition) is 0. The molecule has 4 heteroatoms. The maximum Gasteiger partial charge on any atom is 1.00 e. The standard InChI is InChI=1S/C12H26O2Se.Na/c1-2-3-4-5-6-7-8-9-10-11-12-15(13)14;/h2-12H2,1H3,(H,13,14);/q;+1/p-1. The molecule has 0 aromatic rings.